The molecule has 2 aliphatic rings. The molecule has 0 radical (unpaired) electrons. The summed E-state index contributed by atoms with van der Waals surface area (Å²) in [6.07, 6.45) is -0.157. The van der Waals surface area contributed by atoms with Gasteiger partial charge in [0.05, 0.1) is 29.2 Å². The van der Waals surface area contributed by atoms with Gasteiger partial charge in [0.2, 0.25) is 11.8 Å². The molecule has 158 valence electrons. The van der Waals surface area contributed by atoms with Crippen LogP contribution in [0.2, 0.25) is 0 Å². The lowest BCUT2D eigenvalue weighted by molar-refractivity contribution is 0.104. The number of nitrogens with two attached hydrogens (primary N) is 1. The highest BCUT2D eigenvalue weighted by Crippen LogP contribution is 2.50. The second kappa shape index (κ2) is 7.20. The van der Waals surface area contributed by atoms with Crippen LogP contribution in [0.25, 0.3) is 11.1 Å². The van der Waals surface area contributed by atoms with Gasteiger partial charge < -0.3 is 15.8 Å². The van der Waals surface area contributed by atoms with Crippen LogP contribution in [0.3, 0.4) is 0 Å². The summed E-state index contributed by atoms with van der Waals surface area (Å²) in [5.74, 6) is 0.385. The Kier molecular flexibility index (Phi) is 4.45. The van der Waals surface area contributed by atoms with Gasteiger partial charge in [-0.15, -0.1) is 0 Å². The number of allylic oxidation sites excluding steroid dienone is 2. The number of carbonyl (C=O) groups is 1. The summed E-state index contributed by atoms with van der Waals surface area (Å²) in [6.45, 7) is 5.63. The first-order valence-corrected chi connectivity index (χ1v) is 10.4. The summed E-state index contributed by atoms with van der Waals surface area (Å²) in [6, 6.07) is 15.5. The first-order chi connectivity index (χ1) is 15.4. The second-order valence-electron chi connectivity index (χ2n) is 8.17. The third kappa shape index (κ3) is 2.84. The highest BCUT2D eigenvalue weighted by molar-refractivity contribution is 6.22. The number of carbonyl (C=O) groups excluding carboxylic acids is 1. The first kappa shape index (κ1) is 19.8. The number of hydrogen-bond donors (Lipinski definition) is 2. The quantitative estimate of drug-likeness (QED) is 0.501. The third-order valence-electron chi connectivity index (χ3n) is 5.78. The minimum absolute atomic E-state index is 0.0157. The topological polar surface area (TPSA) is 114 Å². The predicted molar refractivity (Wildman–Crippen MR) is 121 cm³/mol. The van der Waals surface area contributed by atoms with Crippen molar-refractivity contribution >= 4 is 17.5 Å². The normalized spacial score (nSPS) is 16.2. The molecular weight excluding hydrogens is 402 g/mol. The van der Waals surface area contributed by atoms with Gasteiger partial charge in [0.15, 0.2) is 5.78 Å². The molecule has 7 heteroatoms. The molecule has 0 saturated carbocycles. The number of nitrogens with zero attached hydrogens (tertiary/aromatic N) is 3. The van der Waals surface area contributed by atoms with Crippen molar-refractivity contribution < 1.29 is 9.53 Å². The van der Waals surface area contributed by atoms with Gasteiger partial charge in [-0.05, 0) is 37.5 Å². The largest absolute Gasteiger partial charge is 0.475 e. The van der Waals surface area contributed by atoms with Gasteiger partial charge in [0, 0.05) is 16.8 Å². The summed E-state index contributed by atoms with van der Waals surface area (Å²) in [7, 11) is 0. The Bertz CT molecular complexity index is 1370. The van der Waals surface area contributed by atoms with Crippen LogP contribution in [0.1, 0.15) is 53.7 Å². The number of aromatic nitrogens is 2. The van der Waals surface area contributed by atoms with E-state index in [9.17, 15) is 10.1 Å². The summed E-state index contributed by atoms with van der Waals surface area (Å²) in [4.78, 5) is 21.8. The Morgan fingerprint density at radius 2 is 1.81 bits per heavy atom. The Morgan fingerprint density at radius 1 is 1.09 bits per heavy atom. The minimum Gasteiger partial charge on any atom is -0.475 e. The van der Waals surface area contributed by atoms with E-state index in [1.165, 1.54) is 0 Å². The van der Waals surface area contributed by atoms with Crippen molar-refractivity contribution in [3.05, 3.63) is 76.0 Å². The maximum Gasteiger partial charge on any atom is 0.225 e. The molecule has 0 amide bonds. The van der Waals surface area contributed by atoms with E-state index in [1.807, 2.05) is 63.2 Å². The molecule has 0 spiro atoms. The van der Waals surface area contributed by atoms with Gasteiger partial charge in [0.25, 0.3) is 0 Å². The lowest BCUT2D eigenvalue weighted by Gasteiger charge is -2.30. The number of ketones is 1. The first-order valence-electron chi connectivity index (χ1n) is 10.4. The van der Waals surface area contributed by atoms with E-state index in [0.717, 1.165) is 16.7 Å². The number of nitrogens with one attached hydrogen (secondary N) is 1. The maximum atomic E-state index is 13.1. The number of benzene rings is 2. The molecule has 0 saturated heterocycles. The molecule has 1 unspecified atom stereocenters. The number of rotatable bonds is 3. The van der Waals surface area contributed by atoms with Crippen LogP contribution in [0.5, 0.6) is 5.88 Å². The molecule has 2 aromatic carbocycles. The van der Waals surface area contributed by atoms with Gasteiger partial charge in [-0.3, -0.25) is 4.79 Å². The summed E-state index contributed by atoms with van der Waals surface area (Å²) in [5.41, 5.74) is 11.6. The van der Waals surface area contributed by atoms with Crippen LogP contribution in [0.15, 0.2) is 53.7 Å². The molecule has 3 aromatic rings. The average molecular weight is 423 g/mol. The Hall–Kier alpha value is -4.18. The fraction of sp³-hybridized carbons (Fsp3) is 0.200. The van der Waals surface area contributed by atoms with Gasteiger partial charge in [-0.25, -0.2) is 0 Å². The van der Waals surface area contributed by atoms with E-state index in [2.05, 4.69) is 21.4 Å². The van der Waals surface area contributed by atoms with E-state index in [1.54, 1.807) is 0 Å². The van der Waals surface area contributed by atoms with Crippen molar-refractivity contribution in [1.29, 1.82) is 5.26 Å². The Balaban J connectivity index is 1.84. The highest BCUT2D eigenvalue weighted by atomic mass is 16.5. The van der Waals surface area contributed by atoms with Crippen molar-refractivity contribution in [2.75, 3.05) is 11.1 Å². The summed E-state index contributed by atoms with van der Waals surface area (Å²) < 4.78 is 6.01. The molecular formula is C25H21N5O2. The molecule has 1 atom stereocenters. The smallest absolute Gasteiger partial charge is 0.225 e. The van der Waals surface area contributed by atoms with Gasteiger partial charge in [0.1, 0.15) is 5.82 Å². The standard InChI is InChI=1S/C25H21N5O2/c1-12(2)32-24-21-20(18(11-26)13(3)28-23(21)29-25(27)30-24)16-9-6-10-17-19(16)14-7-4-5-8-15(14)22(17)31/h4-10,12,20H,1-3H3,(H3,27,28,29,30). The Labute approximate surface area is 185 Å². The van der Waals surface area contributed by atoms with E-state index < -0.39 is 5.92 Å². The van der Waals surface area contributed by atoms with Crippen molar-refractivity contribution in [2.24, 2.45) is 0 Å². The molecule has 3 N–H and O–H groups in total. The highest BCUT2D eigenvalue weighted by Gasteiger charge is 2.38. The zero-order chi connectivity index (χ0) is 22.6. The molecule has 1 aliphatic heterocycles. The summed E-state index contributed by atoms with van der Waals surface area (Å²) >= 11 is 0. The number of ether oxygens (including phenoxy) is 1. The molecule has 32 heavy (non-hydrogen) atoms. The predicted octanol–water partition coefficient (Wildman–Crippen LogP) is 4.41. The monoisotopic (exact) mass is 423 g/mol. The molecule has 0 fully saturated rings. The number of nitrogen functional groups attached to an aromatic ring is 1. The molecule has 2 heterocycles. The van der Waals surface area contributed by atoms with Crippen LogP contribution in [0.4, 0.5) is 11.8 Å². The lowest BCUT2D eigenvalue weighted by atomic mass is 9.79. The third-order valence-corrected chi connectivity index (χ3v) is 5.78. The van der Waals surface area contributed by atoms with Gasteiger partial charge >= 0.3 is 0 Å². The van der Waals surface area contributed by atoms with Gasteiger partial charge in [-0.2, -0.15) is 15.2 Å². The zero-order valence-electron chi connectivity index (χ0n) is 17.9. The van der Waals surface area contributed by atoms with Crippen molar-refractivity contribution in [2.45, 2.75) is 32.8 Å². The molecule has 5 rings (SSSR count). The molecule has 0 bridgehead atoms. The fourth-order valence-corrected chi connectivity index (χ4v) is 4.54. The number of nitriles is 1. The number of hydrogen-bond acceptors (Lipinski definition) is 7. The van der Waals surface area contributed by atoms with Crippen molar-refractivity contribution in [3.63, 3.8) is 0 Å². The summed E-state index contributed by atoms with van der Waals surface area (Å²) in [5, 5.41) is 13.3. The average Bonchev–Trinajstić information content (AvgIpc) is 3.05. The molecule has 1 aromatic heterocycles. The van der Waals surface area contributed by atoms with Gasteiger partial charge in [-0.1, -0.05) is 42.5 Å². The van der Waals surface area contributed by atoms with Crippen LogP contribution in [0, 0.1) is 11.3 Å². The minimum atomic E-state index is -0.514. The molecule has 1 aliphatic carbocycles. The SMILES string of the molecule is CC1=C(C#N)C(c2cccc3c2-c2ccccc2C3=O)c2c(nc(N)nc2OC(C)C)N1. The lowest BCUT2D eigenvalue weighted by Crippen LogP contribution is -2.22. The van der Waals surface area contributed by atoms with E-state index >= 15 is 0 Å². The molecule has 7 nitrogen and oxygen atoms in total. The Morgan fingerprint density at radius 3 is 2.53 bits per heavy atom. The van der Waals surface area contributed by atoms with E-state index in [4.69, 9.17) is 10.5 Å². The number of fused-ring (bicyclic) bond motifs is 4. The maximum absolute atomic E-state index is 13.1. The number of anilines is 2. The van der Waals surface area contributed by atoms with Crippen LogP contribution < -0.4 is 15.8 Å². The van der Waals surface area contributed by atoms with E-state index in [0.29, 0.717) is 39.7 Å². The fourth-order valence-electron chi connectivity index (χ4n) is 4.54. The van der Waals surface area contributed by atoms with E-state index in [-0.39, 0.29) is 17.8 Å². The van der Waals surface area contributed by atoms with Crippen molar-refractivity contribution in [1.82, 2.24) is 9.97 Å². The second-order valence-corrected chi connectivity index (χ2v) is 8.17. The zero-order valence-corrected chi connectivity index (χ0v) is 17.9. The van der Waals surface area contributed by atoms with Crippen molar-refractivity contribution in [3.8, 4) is 23.1 Å². The van der Waals surface area contributed by atoms with Crippen LogP contribution >= 0.6 is 0 Å². The van der Waals surface area contributed by atoms with Crippen LogP contribution in [-0.2, 0) is 0 Å². The van der Waals surface area contributed by atoms with Crippen LogP contribution in [-0.4, -0.2) is 21.9 Å².